The van der Waals surface area contributed by atoms with Crippen LogP contribution in [0.15, 0.2) is 91.0 Å². The van der Waals surface area contributed by atoms with Crippen LogP contribution in [0, 0.1) is 17.5 Å². The number of halogens is 3. The molecule has 0 saturated carbocycles. The lowest BCUT2D eigenvalue weighted by Crippen LogP contribution is -2.14. The Kier molecular flexibility index (Phi) is 8.20. The molecule has 0 unspecified atom stereocenters. The average Bonchev–Trinajstić information content (AvgIpc) is 2.91. The molecular formula is C29H21F3O5. The summed E-state index contributed by atoms with van der Waals surface area (Å²) in [6, 6.07) is 20.8. The molecule has 188 valence electrons. The van der Waals surface area contributed by atoms with Crippen molar-refractivity contribution >= 4 is 11.9 Å². The standard InChI is InChI=1S/C29H21F3O5/c30-22-7-1-19(2-8-22)16-35-25-13-14-26(28(33)36-17-20-3-9-23(31)10-4-20)27(15-25)29(34)37-18-21-5-11-24(32)12-6-21/h1-15H,16-18H2. The lowest BCUT2D eigenvalue weighted by molar-refractivity contribution is 0.0425. The molecule has 37 heavy (non-hydrogen) atoms. The molecule has 0 heterocycles. The van der Waals surface area contributed by atoms with E-state index in [1.165, 1.54) is 78.9 Å². The van der Waals surface area contributed by atoms with Crippen LogP contribution in [0.3, 0.4) is 0 Å². The number of esters is 2. The number of benzene rings is 4. The van der Waals surface area contributed by atoms with E-state index in [0.29, 0.717) is 16.7 Å². The molecule has 0 fully saturated rings. The third-order valence-corrected chi connectivity index (χ3v) is 5.32. The number of carbonyl (C=O) groups is 2. The molecule has 0 spiro atoms. The number of ether oxygens (including phenoxy) is 3. The Morgan fingerprint density at radius 3 is 1.38 bits per heavy atom. The van der Waals surface area contributed by atoms with Gasteiger partial charge in [-0.3, -0.25) is 0 Å². The minimum Gasteiger partial charge on any atom is -0.489 e. The second-order valence-corrected chi connectivity index (χ2v) is 8.03. The van der Waals surface area contributed by atoms with Gasteiger partial charge >= 0.3 is 11.9 Å². The Labute approximate surface area is 211 Å². The molecule has 0 aliphatic rings. The number of carbonyl (C=O) groups excluding carboxylic acids is 2. The maximum Gasteiger partial charge on any atom is 0.339 e. The van der Waals surface area contributed by atoms with Gasteiger partial charge in [0.05, 0.1) is 11.1 Å². The average molecular weight is 506 g/mol. The highest BCUT2D eigenvalue weighted by molar-refractivity contribution is 6.03. The van der Waals surface area contributed by atoms with Crippen LogP contribution >= 0.6 is 0 Å². The highest BCUT2D eigenvalue weighted by atomic mass is 19.1. The van der Waals surface area contributed by atoms with Crippen LogP contribution in [-0.2, 0) is 29.3 Å². The third-order valence-electron chi connectivity index (χ3n) is 5.32. The Morgan fingerprint density at radius 1 is 0.514 bits per heavy atom. The topological polar surface area (TPSA) is 61.8 Å². The summed E-state index contributed by atoms with van der Waals surface area (Å²) in [5, 5.41) is 0. The predicted molar refractivity (Wildman–Crippen MR) is 128 cm³/mol. The van der Waals surface area contributed by atoms with E-state index in [-0.39, 0.29) is 42.5 Å². The van der Waals surface area contributed by atoms with Crippen LogP contribution in [0.2, 0.25) is 0 Å². The van der Waals surface area contributed by atoms with Crippen LogP contribution in [0.4, 0.5) is 13.2 Å². The van der Waals surface area contributed by atoms with Gasteiger partial charge in [0, 0.05) is 0 Å². The van der Waals surface area contributed by atoms with Gasteiger partial charge in [-0.15, -0.1) is 0 Å². The van der Waals surface area contributed by atoms with Crippen molar-refractivity contribution in [3.63, 3.8) is 0 Å². The summed E-state index contributed by atoms with van der Waals surface area (Å²) < 4.78 is 55.8. The van der Waals surface area contributed by atoms with E-state index in [1.54, 1.807) is 12.1 Å². The van der Waals surface area contributed by atoms with Gasteiger partial charge < -0.3 is 14.2 Å². The molecule has 0 aromatic heterocycles. The highest BCUT2D eigenvalue weighted by Crippen LogP contribution is 2.22. The zero-order valence-corrected chi connectivity index (χ0v) is 19.5. The number of hydrogen-bond donors (Lipinski definition) is 0. The molecule has 4 aromatic rings. The monoisotopic (exact) mass is 506 g/mol. The molecule has 4 aromatic carbocycles. The SMILES string of the molecule is O=C(OCc1ccc(F)cc1)c1ccc(OCc2ccc(F)cc2)cc1C(=O)OCc1ccc(F)cc1. The first-order chi connectivity index (χ1) is 17.9. The lowest BCUT2D eigenvalue weighted by Gasteiger charge is -2.13. The van der Waals surface area contributed by atoms with E-state index in [1.807, 2.05) is 0 Å². The van der Waals surface area contributed by atoms with Crippen molar-refractivity contribution in [3.05, 3.63) is 136 Å². The molecule has 0 atom stereocenters. The first kappa shape index (κ1) is 25.5. The fourth-order valence-electron chi connectivity index (χ4n) is 3.32. The predicted octanol–water partition coefficient (Wildman–Crippen LogP) is 6.40. The van der Waals surface area contributed by atoms with Gasteiger partial charge in [0.1, 0.15) is 43.0 Å². The molecule has 5 nitrogen and oxygen atoms in total. The van der Waals surface area contributed by atoms with Crippen LogP contribution in [0.1, 0.15) is 37.4 Å². The first-order valence-corrected chi connectivity index (χ1v) is 11.2. The molecule has 0 radical (unpaired) electrons. The first-order valence-electron chi connectivity index (χ1n) is 11.2. The molecule has 0 amide bonds. The van der Waals surface area contributed by atoms with Crippen molar-refractivity contribution in [3.8, 4) is 5.75 Å². The van der Waals surface area contributed by atoms with E-state index in [0.717, 1.165) is 0 Å². The zero-order valence-electron chi connectivity index (χ0n) is 19.5. The molecule has 0 bridgehead atoms. The van der Waals surface area contributed by atoms with E-state index >= 15 is 0 Å². The number of hydrogen-bond acceptors (Lipinski definition) is 5. The smallest absolute Gasteiger partial charge is 0.339 e. The molecular weight excluding hydrogens is 485 g/mol. The summed E-state index contributed by atoms with van der Waals surface area (Å²) in [6.45, 7) is -0.186. The molecule has 0 aliphatic carbocycles. The van der Waals surface area contributed by atoms with Crippen LogP contribution in [0.25, 0.3) is 0 Å². The van der Waals surface area contributed by atoms with Crippen molar-refractivity contribution < 1.29 is 37.0 Å². The van der Waals surface area contributed by atoms with Crippen molar-refractivity contribution in [1.82, 2.24) is 0 Å². The second-order valence-electron chi connectivity index (χ2n) is 8.03. The minimum absolute atomic E-state index is 0.0552. The summed E-state index contributed by atoms with van der Waals surface area (Å²) >= 11 is 0. The molecule has 4 rings (SSSR count). The van der Waals surface area contributed by atoms with E-state index in [4.69, 9.17) is 14.2 Å². The van der Waals surface area contributed by atoms with Crippen LogP contribution in [0.5, 0.6) is 5.75 Å². The second kappa shape index (κ2) is 11.9. The van der Waals surface area contributed by atoms with Gasteiger partial charge in [-0.1, -0.05) is 36.4 Å². The summed E-state index contributed by atoms with van der Waals surface area (Å²) in [5.41, 5.74) is 1.67. The molecule has 8 heteroatoms. The van der Waals surface area contributed by atoms with E-state index in [2.05, 4.69) is 0 Å². The van der Waals surface area contributed by atoms with Crippen molar-refractivity contribution in [2.45, 2.75) is 19.8 Å². The highest BCUT2D eigenvalue weighted by Gasteiger charge is 2.21. The largest absolute Gasteiger partial charge is 0.489 e. The van der Waals surface area contributed by atoms with Crippen LogP contribution < -0.4 is 4.74 Å². The molecule has 0 aliphatic heterocycles. The summed E-state index contributed by atoms with van der Waals surface area (Å²) in [6.07, 6.45) is 0. The van der Waals surface area contributed by atoms with Gasteiger partial charge in [0.15, 0.2) is 0 Å². The van der Waals surface area contributed by atoms with Crippen LogP contribution in [-0.4, -0.2) is 11.9 Å². The third kappa shape index (κ3) is 7.20. The Bertz CT molecular complexity index is 1370. The van der Waals surface area contributed by atoms with Gasteiger partial charge in [-0.25, -0.2) is 22.8 Å². The summed E-state index contributed by atoms with van der Waals surface area (Å²) in [7, 11) is 0. The van der Waals surface area contributed by atoms with Gasteiger partial charge in [-0.05, 0) is 71.3 Å². The fourth-order valence-corrected chi connectivity index (χ4v) is 3.32. The van der Waals surface area contributed by atoms with Gasteiger partial charge in [-0.2, -0.15) is 0 Å². The quantitative estimate of drug-likeness (QED) is 0.246. The molecule has 0 saturated heterocycles. The Balaban J connectivity index is 1.51. The maximum absolute atomic E-state index is 13.2. The minimum atomic E-state index is -0.815. The fraction of sp³-hybridized carbons (Fsp3) is 0.103. The Morgan fingerprint density at radius 2 is 0.919 bits per heavy atom. The van der Waals surface area contributed by atoms with E-state index in [9.17, 15) is 22.8 Å². The van der Waals surface area contributed by atoms with Crippen molar-refractivity contribution in [2.75, 3.05) is 0 Å². The number of rotatable bonds is 9. The lowest BCUT2D eigenvalue weighted by atomic mass is 10.1. The maximum atomic E-state index is 13.2. The zero-order chi connectivity index (χ0) is 26.2. The van der Waals surface area contributed by atoms with Gasteiger partial charge in [0.25, 0.3) is 0 Å². The van der Waals surface area contributed by atoms with Crippen molar-refractivity contribution in [2.24, 2.45) is 0 Å². The Hall–Kier alpha value is -4.59. The molecule has 0 N–H and O–H groups in total. The summed E-state index contributed by atoms with van der Waals surface area (Å²) in [4.78, 5) is 25.8. The van der Waals surface area contributed by atoms with E-state index < -0.39 is 23.6 Å². The normalized spacial score (nSPS) is 10.6. The summed E-state index contributed by atoms with van der Waals surface area (Å²) in [5.74, 6) is -2.55. The van der Waals surface area contributed by atoms with Gasteiger partial charge in [0.2, 0.25) is 0 Å². The van der Waals surface area contributed by atoms with Crippen molar-refractivity contribution in [1.29, 1.82) is 0 Å².